The SMILES string of the molecule is CC(C)C1C=Cc2ccc3c(c21)CCCC3.[Hf]. The third-order valence-electron chi connectivity index (χ3n) is 4.15. The van der Waals surface area contributed by atoms with Crippen LogP contribution in [0.5, 0.6) is 0 Å². The molecule has 0 heterocycles. The number of hydrogen-bond donors (Lipinski definition) is 0. The Morgan fingerprint density at radius 2 is 1.88 bits per heavy atom. The summed E-state index contributed by atoms with van der Waals surface area (Å²) in [5.41, 5.74) is 6.46. The fourth-order valence-electron chi connectivity index (χ4n) is 3.27. The van der Waals surface area contributed by atoms with Gasteiger partial charge in [0.15, 0.2) is 0 Å². The topological polar surface area (TPSA) is 0 Å². The molecule has 0 saturated carbocycles. The predicted molar refractivity (Wildman–Crippen MR) is 69.7 cm³/mol. The van der Waals surface area contributed by atoms with Gasteiger partial charge in [0, 0.05) is 31.8 Å². The summed E-state index contributed by atoms with van der Waals surface area (Å²) in [6.45, 7) is 4.68. The quantitative estimate of drug-likeness (QED) is 0.626. The average Bonchev–Trinajstić information content (AvgIpc) is 2.73. The Hall–Kier alpha value is -0.170. The second-order valence-corrected chi connectivity index (χ2v) is 5.54. The number of allylic oxidation sites excluding steroid dienone is 1. The number of hydrogen-bond acceptors (Lipinski definition) is 0. The molecule has 0 saturated heterocycles. The summed E-state index contributed by atoms with van der Waals surface area (Å²) in [7, 11) is 0. The van der Waals surface area contributed by atoms with Crippen LogP contribution in [0.15, 0.2) is 18.2 Å². The summed E-state index contributed by atoms with van der Waals surface area (Å²) in [5, 5.41) is 0. The van der Waals surface area contributed by atoms with Crippen LogP contribution in [-0.4, -0.2) is 0 Å². The van der Waals surface area contributed by atoms with Crippen LogP contribution in [0.1, 0.15) is 54.9 Å². The Morgan fingerprint density at radius 1 is 1.12 bits per heavy atom. The van der Waals surface area contributed by atoms with Gasteiger partial charge in [0.2, 0.25) is 0 Å². The fourth-order valence-corrected chi connectivity index (χ4v) is 3.27. The Morgan fingerprint density at radius 3 is 2.65 bits per heavy atom. The van der Waals surface area contributed by atoms with E-state index in [2.05, 4.69) is 38.1 Å². The molecule has 2 aliphatic carbocycles. The van der Waals surface area contributed by atoms with Gasteiger partial charge >= 0.3 is 0 Å². The van der Waals surface area contributed by atoms with Gasteiger partial charge in [-0.05, 0) is 53.9 Å². The monoisotopic (exact) mass is 392 g/mol. The Kier molecular flexibility index (Phi) is 4.07. The maximum atomic E-state index is 2.41. The van der Waals surface area contributed by atoms with Crippen molar-refractivity contribution in [3.8, 4) is 0 Å². The molecule has 0 nitrogen and oxygen atoms in total. The van der Waals surface area contributed by atoms with Crippen LogP contribution >= 0.6 is 0 Å². The summed E-state index contributed by atoms with van der Waals surface area (Å²) in [4.78, 5) is 0. The molecule has 3 rings (SSSR count). The molecule has 0 aromatic heterocycles. The van der Waals surface area contributed by atoms with Crippen molar-refractivity contribution >= 4 is 6.08 Å². The van der Waals surface area contributed by atoms with E-state index in [0.29, 0.717) is 5.92 Å². The number of fused-ring (bicyclic) bond motifs is 3. The minimum absolute atomic E-state index is 0. The Labute approximate surface area is 123 Å². The van der Waals surface area contributed by atoms with E-state index < -0.39 is 0 Å². The van der Waals surface area contributed by atoms with Crippen LogP contribution in [0.3, 0.4) is 0 Å². The van der Waals surface area contributed by atoms with Crippen LogP contribution < -0.4 is 0 Å². The summed E-state index contributed by atoms with van der Waals surface area (Å²) in [6, 6.07) is 4.69. The van der Waals surface area contributed by atoms with Crippen LogP contribution in [0.25, 0.3) is 6.08 Å². The van der Waals surface area contributed by atoms with Crippen molar-refractivity contribution in [1.29, 1.82) is 0 Å². The molecule has 0 spiro atoms. The number of benzene rings is 1. The van der Waals surface area contributed by atoms with Crippen molar-refractivity contribution in [2.45, 2.75) is 45.4 Å². The molecule has 0 fully saturated rings. The molecule has 0 bridgehead atoms. The summed E-state index contributed by atoms with van der Waals surface area (Å²) in [5.74, 6) is 1.40. The zero-order valence-electron chi connectivity index (χ0n) is 10.8. The first kappa shape index (κ1) is 13.3. The van der Waals surface area contributed by atoms with E-state index in [1.807, 2.05) is 0 Å². The minimum atomic E-state index is 0. The van der Waals surface area contributed by atoms with E-state index in [4.69, 9.17) is 0 Å². The van der Waals surface area contributed by atoms with Crippen molar-refractivity contribution in [3.63, 3.8) is 0 Å². The van der Waals surface area contributed by atoms with E-state index in [1.165, 1.54) is 31.2 Å². The van der Waals surface area contributed by atoms with Crippen molar-refractivity contribution < 1.29 is 25.8 Å². The summed E-state index contributed by atoms with van der Waals surface area (Å²) in [6.07, 6.45) is 10.1. The summed E-state index contributed by atoms with van der Waals surface area (Å²) < 4.78 is 0. The number of aryl methyl sites for hydroxylation is 1. The third-order valence-corrected chi connectivity index (χ3v) is 4.15. The molecule has 0 amide bonds. The minimum Gasteiger partial charge on any atom is -0.0761 e. The Balaban J connectivity index is 0.00000108. The second kappa shape index (κ2) is 5.22. The largest absolute Gasteiger partial charge is 0.0761 e. The Bertz CT molecular complexity index is 443. The van der Waals surface area contributed by atoms with Gasteiger partial charge in [0.05, 0.1) is 0 Å². The van der Waals surface area contributed by atoms with Gasteiger partial charge in [-0.1, -0.05) is 38.1 Å². The molecule has 1 aromatic carbocycles. The molecule has 88 valence electrons. The van der Waals surface area contributed by atoms with Crippen LogP contribution in [-0.2, 0) is 38.7 Å². The van der Waals surface area contributed by atoms with Crippen LogP contribution in [0.2, 0.25) is 0 Å². The van der Waals surface area contributed by atoms with Crippen molar-refractivity contribution in [1.82, 2.24) is 0 Å². The van der Waals surface area contributed by atoms with Gasteiger partial charge in [-0.25, -0.2) is 0 Å². The van der Waals surface area contributed by atoms with E-state index in [9.17, 15) is 0 Å². The van der Waals surface area contributed by atoms with Gasteiger partial charge in [-0.2, -0.15) is 0 Å². The molecule has 1 unspecified atom stereocenters. The maximum absolute atomic E-state index is 2.41. The molecule has 1 atom stereocenters. The van der Waals surface area contributed by atoms with E-state index in [0.717, 1.165) is 5.92 Å². The van der Waals surface area contributed by atoms with Gasteiger partial charge in [-0.15, -0.1) is 0 Å². The van der Waals surface area contributed by atoms with E-state index in [-0.39, 0.29) is 25.8 Å². The molecule has 17 heavy (non-hydrogen) atoms. The maximum Gasteiger partial charge on any atom is 0.00530 e. The average molecular weight is 391 g/mol. The first-order valence-electron chi connectivity index (χ1n) is 6.60. The molecule has 2 aliphatic rings. The standard InChI is InChI=1S/C16H20.Hf/c1-11(2)14-10-9-13-8-7-12-5-3-4-6-15(12)16(13)14;/h7-11,14H,3-6H2,1-2H3;. The molecule has 0 aliphatic heterocycles. The molecule has 0 radical (unpaired) electrons. The zero-order chi connectivity index (χ0) is 11.1. The molecule has 1 heteroatoms. The third kappa shape index (κ3) is 2.23. The van der Waals surface area contributed by atoms with Crippen LogP contribution in [0, 0.1) is 5.92 Å². The van der Waals surface area contributed by atoms with Gasteiger partial charge < -0.3 is 0 Å². The second-order valence-electron chi connectivity index (χ2n) is 5.54. The molecule has 0 N–H and O–H groups in total. The predicted octanol–water partition coefficient (Wildman–Crippen LogP) is 4.33. The van der Waals surface area contributed by atoms with Crippen molar-refractivity contribution in [2.24, 2.45) is 5.92 Å². The zero-order valence-corrected chi connectivity index (χ0v) is 14.4. The van der Waals surface area contributed by atoms with Crippen molar-refractivity contribution in [3.05, 3.63) is 40.5 Å². The van der Waals surface area contributed by atoms with Crippen LogP contribution in [0.4, 0.5) is 0 Å². The smallest absolute Gasteiger partial charge is 0.00530 e. The van der Waals surface area contributed by atoms with Gasteiger partial charge in [0.25, 0.3) is 0 Å². The fraction of sp³-hybridized carbons (Fsp3) is 0.500. The van der Waals surface area contributed by atoms with E-state index >= 15 is 0 Å². The number of rotatable bonds is 1. The van der Waals surface area contributed by atoms with E-state index in [1.54, 1.807) is 16.7 Å². The normalized spacial score (nSPS) is 21.0. The van der Waals surface area contributed by atoms with Gasteiger partial charge in [0.1, 0.15) is 0 Å². The molecular weight excluding hydrogens is 371 g/mol. The first-order valence-corrected chi connectivity index (χ1v) is 6.60. The van der Waals surface area contributed by atoms with Crippen molar-refractivity contribution in [2.75, 3.05) is 0 Å². The molecular formula is C16H20Hf. The summed E-state index contributed by atoms with van der Waals surface area (Å²) >= 11 is 0. The first-order chi connectivity index (χ1) is 7.77. The van der Waals surface area contributed by atoms with Gasteiger partial charge in [-0.3, -0.25) is 0 Å². The molecule has 1 aromatic rings.